The quantitative estimate of drug-likeness (QED) is 0.794. The van der Waals surface area contributed by atoms with Gasteiger partial charge in [0.05, 0.1) is 6.61 Å². The van der Waals surface area contributed by atoms with Crippen LogP contribution in [0.5, 0.6) is 0 Å². The van der Waals surface area contributed by atoms with E-state index in [1.165, 1.54) is 0 Å². The highest BCUT2D eigenvalue weighted by atomic mass is 35.5. The fourth-order valence-electron chi connectivity index (χ4n) is 2.95. The smallest absolute Gasteiger partial charge is 0.251 e. The molecule has 1 fully saturated rings. The molecule has 0 atom stereocenters. The Bertz CT molecular complexity index is 499. The van der Waals surface area contributed by atoms with Crippen molar-refractivity contribution in [2.75, 3.05) is 13.2 Å². The molecule has 1 aromatic rings. The summed E-state index contributed by atoms with van der Waals surface area (Å²) in [7, 11) is 0. The van der Waals surface area contributed by atoms with Crippen molar-refractivity contribution in [2.45, 2.75) is 45.4 Å². The molecule has 0 radical (unpaired) electrons. The van der Waals surface area contributed by atoms with E-state index in [0.717, 1.165) is 44.2 Å². The molecule has 116 valence electrons. The summed E-state index contributed by atoms with van der Waals surface area (Å²) in [6, 6.07) is 3.39. The number of nitrogens with one attached hydrogen (secondary N) is 1. The van der Waals surface area contributed by atoms with Crippen LogP contribution in [-0.4, -0.2) is 29.1 Å². The molecule has 0 spiro atoms. The van der Waals surface area contributed by atoms with Gasteiger partial charge in [-0.2, -0.15) is 0 Å². The Morgan fingerprint density at radius 1 is 1.43 bits per heavy atom. The predicted octanol–water partition coefficient (Wildman–Crippen LogP) is 2.97. The Labute approximate surface area is 130 Å². The Morgan fingerprint density at radius 3 is 2.76 bits per heavy atom. The van der Waals surface area contributed by atoms with Crippen LogP contribution in [0.25, 0.3) is 0 Å². The van der Waals surface area contributed by atoms with Crippen molar-refractivity contribution >= 4 is 17.5 Å². The van der Waals surface area contributed by atoms with E-state index in [9.17, 15) is 9.90 Å². The van der Waals surface area contributed by atoms with Crippen LogP contribution in [0, 0.1) is 5.41 Å². The van der Waals surface area contributed by atoms with Gasteiger partial charge in [-0.25, -0.2) is 4.98 Å². The number of aromatic nitrogens is 1. The van der Waals surface area contributed by atoms with Gasteiger partial charge in [-0.15, -0.1) is 0 Å². The average molecular weight is 311 g/mol. The molecule has 4 nitrogen and oxygen atoms in total. The van der Waals surface area contributed by atoms with Crippen molar-refractivity contribution in [1.29, 1.82) is 0 Å². The maximum atomic E-state index is 12.3. The first-order valence-electron chi connectivity index (χ1n) is 7.64. The van der Waals surface area contributed by atoms with Gasteiger partial charge in [-0.3, -0.25) is 4.79 Å². The molecule has 1 aliphatic carbocycles. The molecule has 2 N–H and O–H groups in total. The van der Waals surface area contributed by atoms with Crippen LogP contribution in [0.2, 0.25) is 5.15 Å². The van der Waals surface area contributed by atoms with Crippen LogP contribution < -0.4 is 5.32 Å². The molecule has 5 heteroatoms. The molecular formula is C16H23ClN2O2. The van der Waals surface area contributed by atoms with Crippen molar-refractivity contribution < 1.29 is 9.90 Å². The highest BCUT2D eigenvalue weighted by molar-refractivity contribution is 6.29. The largest absolute Gasteiger partial charge is 0.396 e. The third-order valence-electron chi connectivity index (χ3n) is 4.24. The van der Waals surface area contributed by atoms with Gasteiger partial charge in [-0.05, 0) is 31.4 Å². The molecule has 2 rings (SSSR count). The zero-order valence-electron chi connectivity index (χ0n) is 12.5. The SMILES string of the molecule is CCCc1cc(C(=O)NCC2(CO)CCCC2)cc(Cl)n1. The van der Waals surface area contributed by atoms with Gasteiger partial charge in [0.2, 0.25) is 0 Å². The summed E-state index contributed by atoms with van der Waals surface area (Å²) in [6.45, 7) is 2.71. The van der Waals surface area contributed by atoms with Gasteiger partial charge in [0.1, 0.15) is 5.15 Å². The Kier molecular flexibility index (Phi) is 5.59. The topological polar surface area (TPSA) is 62.2 Å². The standard InChI is InChI=1S/C16H23ClN2O2/c1-2-5-13-8-12(9-14(17)19-13)15(21)18-10-16(11-20)6-3-4-7-16/h8-9,20H,2-7,10-11H2,1H3,(H,18,21). The molecule has 1 aromatic heterocycles. The van der Waals surface area contributed by atoms with E-state index in [4.69, 9.17) is 11.6 Å². The molecule has 0 saturated heterocycles. The number of carbonyl (C=O) groups excluding carboxylic acids is 1. The van der Waals surface area contributed by atoms with Crippen LogP contribution in [0.15, 0.2) is 12.1 Å². The number of aliphatic hydroxyl groups is 1. The fourth-order valence-corrected chi connectivity index (χ4v) is 3.18. The zero-order chi connectivity index (χ0) is 15.3. The second-order valence-corrected chi connectivity index (χ2v) is 6.36. The second kappa shape index (κ2) is 7.23. The van der Waals surface area contributed by atoms with Crippen molar-refractivity contribution in [3.8, 4) is 0 Å². The van der Waals surface area contributed by atoms with Gasteiger partial charge in [0.25, 0.3) is 5.91 Å². The number of carbonyl (C=O) groups is 1. The second-order valence-electron chi connectivity index (χ2n) is 5.97. The first kappa shape index (κ1) is 16.2. The van der Waals surface area contributed by atoms with E-state index in [1.54, 1.807) is 12.1 Å². The maximum Gasteiger partial charge on any atom is 0.251 e. The third kappa shape index (κ3) is 4.17. The van der Waals surface area contributed by atoms with Crippen LogP contribution in [-0.2, 0) is 6.42 Å². The molecular weight excluding hydrogens is 288 g/mol. The van der Waals surface area contributed by atoms with Crippen LogP contribution >= 0.6 is 11.6 Å². The molecule has 0 bridgehead atoms. The number of nitrogens with zero attached hydrogens (tertiary/aromatic N) is 1. The van der Waals surface area contributed by atoms with Gasteiger partial charge in [0, 0.05) is 23.2 Å². The van der Waals surface area contributed by atoms with Crippen molar-refractivity contribution in [3.63, 3.8) is 0 Å². The third-order valence-corrected chi connectivity index (χ3v) is 4.43. The van der Waals surface area contributed by atoms with Crippen LogP contribution in [0.1, 0.15) is 55.1 Å². The number of amides is 1. The van der Waals surface area contributed by atoms with E-state index in [1.807, 2.05) is 0 Å². The normalized spacial score (nSPS) is 16.9. The summed E-state index contributed by atoms with van der Waals surface area (Å²) in [6.07, 6.45) is 5.96. The fraction of sp³-hybridized carbons (Fsp3) is 0.625. The number of halogens is 1. The molecule has 0 aliphatic heterocycles. The van der Waals surface area contributed by atoms with E-state index in [0.29, 0.717) is 17.3 Å². The maximum absolute atomic E-state index is 12.3. The molecule has 1 saturated carbocycles. The minimum absolute atomic E-state index is 0.130. The average Bonchev–Trinajstić information content (AvgIpc) is 2.94. The molecule has 1 amide bonds. The molecule has 1 aliphatic rings. The Hall–Kier alpha value is -1.13. The number of hydrogen-bond donors (Lipinski definition) is 2. The van der Waals surface area contributed by atoms with E-state index in [-0.39, 0.29) is 17.9 Å². The number of hydrogen-bond acceptors (Lipinski definition) is 3. The molecule has 21 heavy (non-hydrogen) atoms. The summed E-state index contributed by atoms with van der Waals surface area (Å²) in [5.74, 6) is -0.142. The van der Waals surface area contributed by atoms with Crippen LogP contribution in [0.4, 0.5) is 0 Å². The van der Waals surface area contributed by atoms with Gasteiger partial charge < -0.3 is 10.4 Å². The lowest BCUT2D eigenvalue weighted by atomic mass is 9.87. The zero-order valence-corrected chi connectivity index (χ0v) is 13.2. The number of rotatable bonds is 6. The predicted molar refractivity (Wildman–Crippen MR) is 83.6 cm³/mol. The van der Waals surface area contributed by atoms with E-state index in [2.05, 4.69) is 17.2 Å². The lowest BCUT2D eigenvalue weighted by molar-refractivity contribution is 0.0880. The van der Waals surface area contributed by atoms with Crippen molar-refractivity contribution in [2.24, 2.45) is 5.41 Å². The van der Waals surface area contributed by atoms with Gasteiger partial charge in [0.15, 0.2) is 0 Å². The summed E-state index contributed by atoms with van der Waals surface area (Å²) < 4.78 is 0. The van der Waals surface area contributed by atoms with E-state index >= 15 is 0 Å². The highest BCUT2D eigenvalue weighted by Gasteiger charge is 2.33. The molecule has 0 unspecified atom stereocenters. The summed E-state index contributed by atoms with van der Waals surface area (Å²) >= 11 is 5.98. The van der Waals surface area contributed by atoms with E-state index < -0.39 is 0 Å². The van der Waals surface area contributed by atoms with Crippen molar-refractivity contribution in [1.82, 2.24) is 10.3 Å². The minimum Gasteiger partial charge on any atom is -0.396 e. The minimum atomic E-state index is -0.142. The highest BCUT2D eigenvalue weighted by Crippen LogP contribution is 2.36. The summed E-state index contributed by atoms with van der Waals surface area (Å²) in [4.78, 5) is 16.5. The monoisotopic (exact) mass is 310 g/mol. The Morgan fingerprint density at radius 2 is 2.14 bits per heavy atom. The first-order valence-corrected chi connectivity index (χ1v) is 8.02. The number of pyridine rings is 1. The Balaban J connectivity index is 2.02. The lowest BCUT2D eigenvalue weighted by Gasteiger charge is -2.26. The molecule has 0 aromatic carbocycles. The lowest BCUT2D eigenvalue weighted by Crippen LogP contribution is -2.38. The summed E-state index contributed by atoms with van der Waals surface area (Å²) in [5, 5.41) is 12.9. The summed E-state index contributed by atoms with van der Waals surface area (Å²) in [5.41, 5.74) is 1.25. The number of aryl methyl sites for hydroxylation is 1. The van der Waals surface area contributed by atoms with Gasteiger partial charge >= 0.3 is 0 Å². The van der Waals surface area contributed by atoms with Gasteiger partial charge in [-0.1, -0.05) is 37.8 Å². The first-order chi connectivity index (χ1) is 10.1. The number of aliphatic hydroxyl groups excluding tert-OH is 1. The molecule has 1 heterocycles. The van der Waals surface area contributed by atoms with Crippen molar-refractivity contribution in [3.05, 3.63) is 28.5 Å². The van der Waals surface area contributed by atoms with Crippen LogP contribution in [0.3, 0.4) is 0 Å².